The molecule has 0 radical (unpaired) electrons. The van der Waals surface area contributed by atoms with Gasteiger partial charge in [-0.1, -0.05) is 12.1 Å². The Morgan fingerprint density at radius 2 is 2.19 bits per heavy atom. The summed E-state index contributed by atoms with van der Waals surface area (Å²) >= 11 is 0. The van der Waals surface area contributed by atoms with Gasteiger partial charge in [0.2, 0.25) is 9.05 Å². The first-order chi connectivity index (χ1) is 7.46. The van der Waals surface area contributed by atoms with Gasteiger partial charge in [-0.2, -0.15) is 0 Å². The quantitative estimate of drug-likeness (QED) is 0.829. The zero-order chi connectivity index (χ0) is 11.8. The van der Waals surface area contributed by atoms with Gasteiger partial charge in [0.1, 0.15) is 5.75 Å². The summed E-state index contributed by atoms with van der Waals surface area (Å²) in [6.07, 6.45) is 2.21. The van der Waals surface area contributed by atoms with Gasteiger partial charge in [0.15, 0.2) is 0 Å². The van der Waals surface area contributed by atoms with E-state index in [1.165, 1.54) is 0 Å². The second-order valence-corrected chi connectivity index (χ2v) is 7.05. The lowest BCUT2D eigenvalue weighted by Gasteiger charge is -2.24. The predicted octanol–water partition coefficient (Wildman–Crippen LogP) is 2.07. The minimum Gasteiger partial charge on any atom is -0.508 e. The van der Waals surface area contributed by atoms with Crippen LogP contribution in [0.15, 0.2) is 18.2 Å². The molecule has 1 aromatic carbocycles. The summed E-state index contributed by atoms with van der Waals surface area (Å²) in [4.78, 5) is 0. The van der Waals surface area contributed by atoms with Crippen molar-refractivity contribution in [1.82, 2.24) is 0 Å². The normalized spacial score (nSPS) is 20.4. The van der Waals surface area contributed by atoms with Gasteiger partial charge in [0.05, 0.1) is 5.75 Å². The van der Waals surface area contributed by atoms with Gasteiger partial charge in [0, 0.05) is 10.7 Å². The Hall–Kier alpha value is -0.740. The summed E-state index contributed by atoms with van der Waals surface area (Å²) < 4.78 is 22.0. The van der Waals surface area contributed by atoms with E-state index in [2.05, 4.69) is 0 Å². The highest BCUT2D eigenvalue weighted by Gasteiger charge is 2.24. The first kappa shape index (κ1) is 11.7. The number of aryl methyl sites for hydroxylation is 1. The fourth-order valence-corrected chi connectivity index (χ4v) is 3.65. The average Bonchev–Trinajstić information content (AvgIpc) is 2.17. The van der Waals surface area contributed by atoms with Gasteiger partial charge in [-0.15, -0.1) is 0 Å². The highest BCUT2D eigenvalue weighted by atomic mass is 35.7. The zero-order valence-corrected chi connectivity index (χ0v) is 10.3. The Labute approximate surface area is 99.5 Å². The van der Waals surface area contributed by atoms with Crippen LogP contribution in [0.3, 0.4) is 0 Å². The standard InChI is InChI=1S/C11H13ClO3S/c12-16(14,15)7-8-4-5-9-2-1-3-11(13)10(9)6-8/h1-3,8,13H,4-7H2. The monoisotopic (exact) mass is 260 g/mol. The number of hydrogen-bond donors (Lipinski definition) is 1. The van der Waals surface area contributed by atoms with E-state index in [1.54, 1.807) is 6.07 Å². The molecule has 1 aromatic rings. The van der Waals surface area contributed by atoms with Gasteiger partial charge < -0.3 is 5.11 Å². The molecule has 88 valence electrons. The largest absolute Gasteiger partial charge is 0.508 e. The first-order valence-corrected chi connectivity index (χ1v) is 7.65. The number of hydrogen-bond acceptors (Lipinski definition) is 3. The molecule has 1 unspecified atom stereocenters. The molecule has 1 atom stereocenters. The Morgan fingerprint density at radius 3 is 2.88 bits per heavy atom. The second-order valence-electron chi connectivity index (χ2n) is 4.23. The molecule has 1 N–H and O–H groups in total. The van der Waals surface area contributed by atoms with Crippen LogP contribution < -0.4 is 0 Å². The third-order valence-electron chi connectivity index (χ3n) is 3.00. The van der Waals surface area contributed by atoms with Gasteiger partial charge in [-0.3, -0.25) is 0 Å². The predicted molar refractivity (Wildman–Crippen MR) is 63.3 cm³/mol. The summed E-state index contributed by atoms with van der Waals surface area (Å²) in [7, 11) is 1.79. The van der Waals surface area contributed by atoms with Crippen molar-refractivity contribution in [3.05, 3.63) is 29.3 Å². The van der Waals surface area contributed by atoms with Crippen LogP contribution in [0.25, 0.3) is 0 Å². The van der Waals surface area contributed by atoms with E-state index < -0.39 is 9.05 Å². The molecule has 0 amide bonds. The third-order valence-corrected chi connectivity index (χ3v) is 4.25. The lowest BCUT2D eigenvalue weighted by molar-refractivity contribution is 0.439. The van der Waals surface area contributed by atoms with Crippen LogP contribution in [0.2, 0.25) is 0 Å². The molecule has 0 aliphatic heterocycles. The number of phenolic OH excluding ortho intramolecular Hbond substituents is 1. The van der Waals surface area contributed by atoms with Crippen molar-refractivity contribution in [2.75, 3.05) is 5.75 Å². The van der Waals surface area contributed by atoms with E-state index in [4.69, 9.17) is 10.7 Å². The Bertz CT molecular complexity index is 496. The van der Waals surface area contributed by atoms with Gasteiger partial charge in [-0.05, 0) is 42.4 Å². The minimum atomic E-state index is -3.45. The zero-order valence-electron chi connectivity index (χ0n) is 8.69. The third kappa shape index (κ3) is 2.68. The van der Waals surface area contributed by atoms with E-state index >= 15 is 0 Å². The van der Waals surface area contributed by atoms with Crippen molar-refractivity contribution >= 4 is 19.7 Å². The van der Waals surface area contributed by atoms with Crippen LogP contribution in [-0.2, 0) is 21.9 Å². The average molecular weight is 261 g/mol. The second kappa shape index (κ2) is 4.26. The Morgan fingerprint density at radius 1 is 1.44 bits per heavy atom. The van der Waals surface area contributed by atoms with Crippen molar-refractivity contribution in [1.29, 1.82) is 0 Å². The van der Waals surface area contributed by atoms with Crippen molar-refractivity contribution in [2.45, 2.75) is 19.3 Å². The molecule has 0 bridgehead atoms. The van der Waals surface area contributed by atoms with Gasteiger partial charge >= 0.3 is 0 Å². The van der Waals surface area contributed by atoms with E-state index in [0.717, 1.165) is 24.0 Å². The number of aromatic hydroxyl groups is 1. The van der Waals surface area contributed by atoms with Crippen molar-refractivity contribution in [2.24, 2.45) is 5.92 Å². The van der Waals surface area contributed by atoms with E-state index in [-0.39, 0.29) is 17.4 Å². The molecule has 0 fully saturated rings. The molecule has 3 nitrogen and oxygen atoms in total. The molecule has 1 aliphatic carbocycles. The molecule has 0 aromatic heterocycles. The molecule has 0 saturated carbocycles. The van der Waals surface area contributed by atoms with E-state index in [0.29, 0.717) is 6.42 Å². The number of rotatable bonds is 2. The molecule has 1 aliphatic rings. The van der Waals surface area contributed by atoms with E-state index in [1.807, 2.05) is 12.1 Å². The Kier molecular flexibility index (Phi) is 3.13. The molecular formula is C11H13ClO3S. The van der Waals surface area contributed by atoms with Crippen LogP contribution >= 0.6 is 10.7 Å². The SMILES string of the molecule is O=S(=O)(Cl)CC1CCc2cccc(O)c2C1. The van der Waals surface area contributed by atoms with E-state index in [9.17, 15) is 13.5 Å². The summed E-state index contributed by atoms with van der Waals surface area (Å²) in [6, 6.07) is 5.42. The fraction of sp³-hybridized carbons (Fsp3) is 0.455. The van der Waals surface area contributed by atoms with Crippen molar-refractivity contribution < 1.29 is 13.5 Å². The van der Waals surface area contributed by atoms with Gasteiger partial charge in [0.25, 0.3) is 0 Å². The lowest BCUT2D eigenvalue weighted by Crippen LogP contribution is -2.20. The fourth-order valence-electron chi connectivity index (χ4n) is 2.27. The lowest BCUT2D eigenvalue weighted by atomic mass is 9.84. The summed E-state index contributed by atoms with van der Waals surface area (Å²) in [5.74, 6) is 0.264. The topological polar surface area (TPSA) is 54.4 Å². The van der Waals surface area contributed by atoms with Crippen molar-refractivity contribution in [3.8, 4) is 5.75 Å². The highest BCUT2D eigenvalue weighted by Crippen LogP contribution is 2.32. The molecule has 0 spiro atoms. The van der Waals surface area contributed by atoms with Gasteiger partial charge in [-0.25, -0.2) is 8.42 Å². The molecule has 16 heavy (non-hydrogen) atoms. The summed E-state index contributed by atoms with van der Waals surface area (Å²) in [6.45, 7) is 0. The van der Waals surface area contributed by atoms with Crippen LogP contribution in [0.1, 0.15) is 17.5 Å². The summed E-state index contributed by atoms with van der Waals surface area (Å²) in [5, 5.41) is 9.69. The van der Waals surface area contributed by atoms with Crippen LogP contribution in [0.4, 0.5) is 0 Å². The number of fused-ring (bicyclic) bond motifs is 1. The maximum absolute atomic E-state index is 11.0. The Balaban J connectivity index is 2.20. The molecule has 2 rings (SSSR count). The highest BCUT2D eigenvalue weighted by molar-refractivity contribution is 8.13. The smallest absolute Gasteiger partial charge is 0.232 e. The first-order valence-electron chi connectivity index (χ1n) is 5.18. The number of halogens is 1. The maximum atomic E-state index is 11.0. The molecular weight excluding hydrogens is 248 g/mol. The minimum absolute atomic E-state index is 0.0116. The molecule has 0 saturated heterocycles. The molecule has 0 heterocycles. The van der Waals surface area contributed by atoms with Crippen LogP contribution in [0.5, 0.6) is 5.75 Å². The summed E-state index contributed by atoms with van der Waals surface area (Å²) in [5.41, 5.74) is 1.99. The number of benzene rings is 1. The molecule has 5 heteroatoms. The number of phenols is 1. The van der Waals surface area contributed by atoms with Crippen molar-refractivity contribution in [3.63, 3.8) is 0 Å². The van der Waals surface area contributed by atoms with Crippen LogP contribution in [0, 0.1) is 5.92 Å². The maximum Gasteiger partial charge on any atom is 0.232 e. The van der Waals surface area contributed by atoms with Crippen LogP contribution in [-0.4, -0.2) is 19.3 Å².